The van der Waals surface area contributed by atoms with Gasteiger partial charge in [0.2, 0.25) is 0 Å². The second-order valence-electron chi connectivity index (χ2n) is 3.41. The quantitative estimate of drug-likeness (QED) is 0.784. The van der Waals surface area contributed by atoms with E-state index in [2.05, 4.69) is 46.7 Å². The monoisotopic (exact) mass is 319 g/mol. The molecule has 0 bridgehead atoms. The van der Waals surface area contributed by atoms with Crippen LogP contribution >= 0.6 is 31.9 Å². The van der Waals surface area contributed by atoms with E-state index >= 15 is 0 Å². The Hall–Kier alpha value is -0.0000000000000000833. The van der Waals surface area contributed by atoms with Gasteiger partial charge in [0.25, 0.3) is 0 Å². The number of nitrogens with zero attached hydrogens (tertiary/aromatic N) is 3. The van der Waals surface area contributed by atoms with Gasteiger partial charge in [0.1, 0.15) is 15.0 Å². The summed E-state index contributed by atoms with van der Waals surface area (Å²) < 4.78 is 1.68. The van der Waals surface area contributed by atoms with Crippen LogP contribution in [0.25, 0.3) is 0 Å². The van der Waals surface area contributed by atoms with Crippen molar-refractivity contribution in [3.8, 4) is 0 Å². The van der Waals surface area contributed by atoms with E-state index < -0.39 is 0 Å². The summed E-state index contributed by atoms with van der Waals surface area (Å²) in [6.45, 7) is 3.21. The van der Waals surface area contributed by atoms with E-state index in [1.54, 1.807) is 0 Å². The van der Waals surface area contributed by atoms with Crippen molar-refractivity contribution in [1.29, 1.82) is 0 Å². The molecule has 2 heterocycles. The molecule has 1 aromatic heterocycles. The molecule has 0 unspecified atom stereocenters. The molecule has 0 spiro atoms. The first kappa shape index (κ1) is 10.5. The van der Waals surface area contributed by atoms with Crippen LogP contribution in [0.15, 0.2) is 15.3 Å². The maximum atomic E-state index is 4.33. The maximum absolute atomic E-state index is 4.33. The smallest absolute Gasteiger partial charge is 0.144 e. The molecule has 5 heteroatoms. The first-order chi connectivity index (χ1) is 6.74. The molecule has 1 aromatic rings. The van der Waals surface area contributed by atoms with Crippen LogP contribution in [0.3, 0.4) is 0 Å². The Morgan fingerprint density at radius 3 is 2.29 bits per heavy atom. The summed E-state index contributed by atoms with van der Waals surface area (Å²) >= 11 is 6.73. The highest BCUT2D eigenvalue weighted by molar-refractivity contribution is 9.11. The van der Waals surface area contributed by atoms with Crippen molar-refractivity contribution in [1.82, 2.24) is 14.9 Å². The van der Waals surface area contributed by atoms with E-state index in [1.807, 2.05) is 6.07 Å². The van der Waals surface area contributed by atoms with E-state index in [-0.39, 0.29) is 0 Å². The fourth-order valence-electron chi connectivity index (χ4n) is 1.65. The Labute approximate surface area is 100 Å². The van der Waals surface area contributed by atoms with Gasteiger partial charge >= 0.3 is 0 Å². The Kier molecular flexibility index (Phi) is 3.52. The number of rotatable bonds is 2. The zero-order valence-electron chi connectivity index (χ0n) is 7.71. The molecular weight excluding hydrogens is 310 g/mol. The first-order valence-electron chi connectivity index (χ1n) is 4.65. The lowest BCUT2D eigenvalue weighted by molar-refractivity contribution is 0.322. The van der Waals surface area contributed by atoms with Gasteiger partial charge in [0, 0.05) is 6.07 Å². The molecule has 14 heavy (non-hydrogen) atoms. The van der Waals surface area contributed by atoms with E-state index in [1.165, 1.54) is 25.9 Å². The van der Waals surface area contributed by atoms with Crippen molar-refractivity contribution < 1.29 is 0 Å². The third-order valence-electron chi connectivity index (χ3n) is 2.27. The van der Waals surface area contributed by atoms with Crippen LogP contribution in [0.1, 0.15) is 18.7 Å². The summed E-state index contributed by atoms with van der Waals surface area (Å²) in [6, 6.07) is 1.85. The van der Waals surface area contributed by atoms with E-state index in [0.717, 1.165) is 21.6 Å². The topological polar surface area (TPSA) is 29.0 Å². The molecule has 3 nitrogen and oxygen atoms in total. The second kappa shape index (κ2) is 4.68. The summed E-state index contributed by atoms with van der Waals surface area (Å²) in [6.07, 6.45) is 2.60. The van der Waals surface area contributed by atoms with Gasteiger partial charge in [-0.15, -0.1) is 0 Å². The SMILES string of the molecule is Brc1cc(Br)nc(CN2CCCC2)n1. The van der Waals surface area contributed by atoms with Crippen LogP contribution in [-0.2, 0) is 6.54 Å². The number of hydrogen-bond acceptors (Lipinski definition) is 3. The largest absolute Gasteiger partial charge is 0.296 e. The van der Waals surface area contributed by atoms with Gasteiger partial charge in [-0.1, -0.05) is 0 Å². The average Bonchev–Trinajstić information content (AvgIpc) is 2.54. The van der Waals surface area contributed by atoms with Gasteiger partial charge in [0.15, 0.2) is 0 Å². The zero-order chi connectivity index (χ0) is 9.97. The Morgan fingerprint density at radius 2 is 1.71 bits per heavy atom. The molecule has 0 N–H and O–H groups in total. The summed E-state index contributed by atoms with van der Waals surface area (Å²) in [4.78, 5) is 11.0. The summed E-state index contributed by atoms with van der Waals surface area (Å²) in [5.41, 5.74) is 0. The third kappa shape index (κ3) is 2.74. The van der Waals surface area contributed by atoms with Crippen molar-refractivity contribution in [3.05, 3.63) is 21.1 Å². The number of halogens is 2. The molecule has 0 radical (unpaired) electrons. The summed E-state index contributed by atoms with van der Waals surface area (Å²) in [7, 11) is 0. The Morgan fingerprint density at radius 1 is 1.14 bits per heavy atom. The molecule has 76 valence electrons. The third-order valence-corrected chi connectivity index (χ3v) is 3.09. The number of likely N-dealkylation sites (tertiary alicyclic amines) is 1. The first-order valence-corrected chi connectivity index (χ1v) is 6.24. The molecule has 1 aliphatic heterocycles. The maximum Gasteiger partial charge on any atom is 0.144 e. The Bertz CT molecular complexity index is 304. The highest BCUT2D eigenvalue weighted by atomic mass is 79.9. The van der Waals surface area contributed by atoms with Crippen molar-refractivity contribution in [3.63, 3.8) is 0 Å². The van der Waals surface area contributed by atoms with Crippen molar-refractivity contribution >= 4 is 31.9 Å². The van der Waals surface area contributed by atoms with Gasteiger partial charge in [-0.2, -0.15) is 0 Å². The van der Waals surface area contributed by atoms with Gasteiger partial charge in [-0.3, -0.25) is 4.90 Å². The van der Waals surface area contributed by atoms with Gasteiger partial charge in [-0.05, 0) is 57.8 Å². The summed E-state index contributed by atoms with van der Waals surface area (Å²) in [5, 5.41) is 0. The Balaban J connectivity index is 2.07. The van der Waals surface area contributed by atoms with Crippen molar-refractivity contribution in [2.24, 2.45) is 0 Å². The van der Waals surface area contributed by atoms with E-state index in [9.17, 15) is 0 Å². The van der Waals surface area contributed by atoms with Crippen LogP contribution in [-0.4, -0.2) is 28.0 Å². The zero-order valence-corrected chi connectivity index (χ0v) is 10.9. The molecular formula is C9H11Br2N3. The van der Waals surface area contributed by atoms with Gasteiger partial charge in [-0.25, -0.2) is 9.97 Å². The average molecular weight is 321 g/mol. The van der Waals surface area contributed by atoms with Crippen LogP contribution < -0.4 is 0 Å². The molecule has 1 fully saturated rings. The molecule has 0 aromatic carbocycles. The lowest BCUT2D eigenvalue weighted by Gasteiger charge is -2.13. The van der Waals surface area contributed by atoms with E-state index in [4.69, 9.17) is 0 Å². The predicted molar refractivity (Wildman–Crippen MR) is 61.9 cm³/mol. The lowest BCUT2D eigenvalue weighted by Crippen LogP contribution is -2.20. The molecule has 0 amide bonds. The lowest BCUT2D eigenvalue weighted by atomic mass is 10.4. The molecule has 2 rings (SSSR count). The van der Waals surface area contributed by atoms with Crippen LogP contribution in [0.5, 0.6) is 0 Å². The van der Waals surface area contributed by atoms with Gasteiger partial charge < -0.3 is 0 Å². The molecule has 0 saturated carbocycles. The highest BCUT2D eigenvalue weighted by Gasteiger charge is 2.13. The molecule has 1 saturated heterocycles. The molecule has 0 aliphatic carbocycles. The normalized spacial score (nSPS) is 17.6. The predicted octanol–water partition coefficient (Wildman–Crippen LogP) is 2.60. The van der Waals surface area contributed by atoms with Crippen LogP contribution in [0.4, 0.5) is 0 Å². The molecule has 1 aliphatic rings. The fourth-order valence-corrected chi connectivity index (χ4v) is 2.80. The van der Waals surface area contributed by atoms with Gasteiger partial charge in [0.05, 0.1) is 6.54 Å². The minimum Gasteiger partial charge on any atom is -0.296 e. The fraction of sp³-hybridized carbons (Fsp3) is 0.556. The number of hydrogen-bond donors (Lipinski definition) is 0. The molecule has 0 atom stereocenters. The standard InChI is InChI=1S/C9H11Br2N3/c10-7-5-8(11)13-9(12-7)6-14-3-1-2-4-14/h5H,1-4,6H2. The minimum atomic E-state index is 0.841. The number of aromatic nitrogens is 2. The minimum absolute atomic E-state index is 0.841. The van der Waals surface area contributed by atoms with Crippen molar-refractivity contribution in [2.75, 3.05) is 13.1 Å². The van der Waals surface area contributed by atoms with Crippen molar-refractivity contribution in [2.45, 2.75) is 19.4 Å². The summed E-state index contributed by atoms with van der Waals surface area (Å²) in [5.74, 6) is 0.883. The highest BCUT2D eigenvalue weighted by Crippen LogP contribution is 2.15. The van der Waals surface area contributed by atoms with Crippen LogP contribution in [0.2, 0.25) is 0 Å². The second-order valence-corrected chi connectivity index (χ2v) is 5.04. The van der Waals surface area contributed by atoms with E-state index in [0.29, 0.717) is 0 Å². The van der Waals surface area contributed by atoms with Crippen LogP contribution in [0, 0.1) is 0 Å².